The molecule has 8 aromatic rings. The SMILES string of the molecule is CC(C)(NC(=O)c1cc(F)cc2ccc(Cc3ccc(C(F)(F)F)cc3)n12)c1ccc(C(=O)O)cc1.CC(NC(=O)c1cc(F)cc2ccc(Cc3ccc(C(F)(F)F)cc3)n12)c1ccc(C(=O)O)cc1. The lowest BCUT2D eigenvalue weighted by atomic mass is 9.93. The van der Waals surface area contributed by atoms with Crippen LogP contribution in [0.25, 0.3) is 11.0 Å². The molecule has 71 heavy (non-hydrogen) atoms. The summed E-state index contributed by atoms with van der Waals surface area (Å²) >= 11 is 0. The number of fused-ring (bicyclic) bond motifs is 2. The Morgan fingerprint density at radius 2 is 0.901 bits per heavy atom. The summed E-state index contributed by atoms with van der Waals surface area (Å²) in [5.74, 6) is -4.50. The van der Waals surface area contributed by atoms with E-state index in [1.807, 2.05) is 0 Å². The fourth-order valence-electron chi connectivity index (χ4n) is 7.93. The first-order chi connectivity index (χ1) is 33.4. The van der Waals surface area contributed by atoms with E-state index in [0.717, 1.165) is 36.4 Å². The minimum atomic E-state index is -4.44. The Balaban J connectivity index is 0.000000209. The molecule has 4 N–H and O–H groups in total. The molecule has 0 aliphatic carbocycles. The minimum Gasteiger partial charge on any atom is -0.478 e. The highest BCUT2D eigenvalue weighted by atomic mass is 19.4. The monoisotopic (exact) mass is 982 g/mol. The summed E-state index contributed by atoms with van der Waals surface area (Å²) in [7, 11) is 0. The molecule has 0 radical (unpaired) electrons. The maximum Gasteiger partial charge on any atom is 0.416 e. The fourth-order valence-corrected chi connectivity index (χ4v) is 7.93. The average Bonchev–Trinajstić information content (AvgIpc) is 3.91. The number of carboxylic acid groups (broad SMARTS) is 2. The van der Waals surface area contributed by atoms with Gasteiger partial charge in [-0.15, -0.1) is 0 Å². The van der Waals surface area contributed by atoms with Gasteiger partial charge < -0.3 is 29.6 Å². The van der Waals surface area contributed by atoms with Gasteiger partial charge in [-0.1, -0.05) is 48.5 Å². The number of halogens is 8. The molecule has 0 fully saturated rings. The summed E-state index contributed by atoms with van der Waals surface area (Å²) in [6.45, 7) is 5.18. The van der Waals surface area contributed by atoms with Crippen molar-refractivity contribution in [1.82, 2.24) is 19.4 Å². The lowest BCUT2D eigenvalue weighted by Gasteiger charge is -2.27. The zero-order chi connectivity index (χ0) is 51.6. The number of aromatic carboxylic acids is 2. The zero-order valence-corrected chi connectivity index (χ0v) is 37.8. The molecule has 4 aromatic heterocycles. The van der Waals surface area contributed by atoms with E-state index in [-0.39, 0.29) is 35.4 Å². The molecule has 18 heteroatoms. The number of pyridine rings is 2. The quantitative estimate of drug-likeness (QED) is 0.0899. The maximum absolute atomic E-state index is 14.4. The van der Waals surface area contributed by atoms with Crippen molar-refractivity contribution in [1.29, 1.82) is 0 Å². The number of nitrogens with zero attached hydrogens (tertiary/aromatic N) is 2. The standard InChI is InChI=1S/C27H22F4N2O3.C26H20F4N2O3/c1-26(2,18-9-5-17(6-10-18)25(35)36)32-24(34)23-15-20(28)14-22-12-11-21(33(22)23)13-16-3-7-19(8-4-16)27(29,30)31;1-15(17-4-6-18(7-5-17)25(34)35)31-24(33)23-14-20(27)13-22-11-10-21(32(22)23)12-16-2-8-19(9-3-16)26(28,29)30/h3-12,14-15H,13H2,1-2H3,(H,32,34)(H,35,36);2-11,13-15H,12H2,1H3,(H,31,33)(H,34,35). The van der Waals surface area contributed by atoms with E-state index < -0.39 is 70.4 Å². The lowest BCUT2D eigenvalue weighted by molar-refractivity contribution is -0.138. The second-order valence-electron chi connectivity index (χ2n) is 17.1. The van der Waals surface area contributed by atoms with Crippen molar-refractivity contribution < 1.29 is 64.5 Å². The smallest absolute Gasteiger partial charge is 0.416 e. The number of hydrogen-bond donors (Lipinski definition) is 4. The van der Waals surface area contributed by atoms with E-state index in [1.54, 1.807) is 78.1 Å². The van der Waals surface area contributed by atoms with Crippen molar-refractivity contribution in [3.8, 4) is 0 Å². The molecule has 0 saturated carbocycles. The van der Waals surface area contributed by atoms with Crippen molar-refractivity contribution >= 4 is 34.8 Å². The van der Waals surface area contributed by atoms with E-state index in [9.17, 15) is 54.3 Å². The van der Waals surface area contributed by atoms with Crippen LogP contribution in [0.1, 0.15) is 113 Å². The summed E-state index contributed by atoms with van der Waals surface area (Å²) < 4.78 is 109. The third kappa shape index (κ3) is 11.8. The topological polar surface area (TPSA) is 142 Å². The van der Waals surface area contributed by atoms with Crippen LogP contribution in [0.5, 0.6) is 0 Å². The van der Waals surface area contributed by atoms with Crippen LogP contribution in [-0.4, -0.2) is 42.8 Å². The van der Waals surface area contributed by atoms with Crippen molar-refractivity contribution in [3.63, 3.8) is 0 Å². The van der Waals surface area contributed by atoms with Crippen molar-refractivity contribution in [3.05, 3.63) is 225 Å². The molecular formula is C53H42F8N4O6. The Morgan fingerprint density at radius 3 is 1.30 bits per heavy atom. The van der Waals surface area contributed by atoms with Gasteiger partial charge in [0.2, 0.25) is 0 Å². The van der Waals surface area contributed by atoms with Crippen LogP contribution in [0, 0.1) is 11.6 Å². The molecule has 1 unspecified atom stereocenters. The predicted molar refractivity (Wildman–Crippen MR) is 246 cm³/mol. The molecule has 1 atom stereocenters. The van der Waals surface area contributed by atoms with E-state index in [2.05, 4.69) is 10.6 Å². The van der Waals surface area contributed by atoms with Gasteiger partial charge in [0.25, 0.3) is 11.8 Å². The fraction of sp³-hybridized carbons (Fsp3) is 0.170. The summed E-state index contributed by atoms with van der Waals surface area (Å²) in [5.41, 5.74) is 2.37. The highest BCUT2D eigenvalue weighted by Gasteiger charge is 2.31. The normalized spacial score (nSPS) is 12.3. The number of amides is 2. The molecule has 4 heterocycles. The van der Waals surface area contributed by atoms with E-state index in [0.29, 0.717) is 44.7 Å². The van der Waals surface area contributed by atoms with Gasteiger partial charge in [-0.3, -0.25) is 9.59 Å². The summed E-state index contributed by atoms with van der Waals surface area (Å²) in [4.78, 5) is 48.6. The first-order valence-electron chi connectivity index (χ1n) is 21.6. The van der Waals surface area contributed by atoms with Gasteiger partial charge in [0, 0.05) is 47.4 Å². The third-order valence-electron chi connectivity index (χ3n) is 11.7. The van der Waals surface area contributed by atoms with Crippen LogP contribution in [0.15, 0.2) is 146 Å². The van der Waals surface area contributed by atoms with Gasteiger partial charge >= 0.3 is 24.3 Å². The van der Waals surface area contributed by atoms with Crippen molar-refractivity contribution in [2.75, 3.05) is 0 Å². The Labute approximate surface area is 399 Å². The van der Waals surface area contributed by atoms with Gasteiger partial charge in [-0.2, -0.15) is 26.3 Å². The van der Waals surface area contributed by atoms with Crippen LogP contribution in [0.3, 0.4) is 0 Å². The van der Waals surface area contributed by atoms with E-state index in [1.165, 1.54) is 60.7 Å². The van der Waals surface area contributed by atoms with Crippen molar-refractivity contribution in [2.45, 2.75) is 57.5 Å². The Bertz CT molecular complexity index is 3270. The van der Waals surface area contributed by atoms with Gasteiger partial charge in [0.15, 0.2) is 0 Å². The lowest BCUT2D eigenvalue weighted by Crippen LogP contribution is -2.41. The first-order valence-corrected chi connectivity index (χ1v) is 21.6. The molecule has 10 nitrogen and oxygen atoms in total. The highest BCUT2D eigenvalue weighted by Crippen LogP contribution is 2.32. The zero-order valence-electron chi connectivity index (χ0n) is 37.8. The van der Waals surface area contributed by atoms with Crippen LogP contribution in [0.2, 0.25) is 0 Å². The number of hydrogen-bond acceptors (Lipinski definition) is 4. The van der Waals surface area contributed by atoms with Crippen LogP contribution < -0.4 is 10.6 Å². The molecule has 2 amide bonds. The van der Waals surface area contributed by atoms with E-state index >= 15 is 0 Å². The molecule has 0 spiro atoms. The van der Waals surface area contributed by atoms with Crippen LogP contribution >= 0.6 is 0 Å². The number of nitrogens with one attached hydrogen (secondary N) is 2. The molecule has 366 valence electrons. The number of carboxylic acids is 2. The number of carbonyl (C=O) groups is 4. The molecule has 0 bridgehead atoms. The number of carbonyl (C=O) groups excluding carboxylic acids is 2. The number of rotatable bonds is 12. The molecular weight excluding hydrogens is 941 g/mol. The van der Waals surface area contributed by atoms with Crippen molar-refractivity contribution in [2.24, 2.45) is 0 Å². The van der Waals surface area contributed by atoms with Crippen LogP contribution in [-0.2, 0) is 30.7 Å². The molecule has 8 rings (SSSR count). The number of benzene rings is 4. The Kier molecular flexibility index (Phi) is 14.2. The summed E-state index contributed by atoms with van der Waals surface area (Å²) in [5, 5.41) is 23.8. The highest BCUT2D eigenvalue weighted by molar-refractivity contribution is 5.95. The Hall–Kier alpha value is -8.28. The van der Waals surface area contributed by atoms with Crippen LogP contribution in [0.4, 0.5) is 35.1 Å². The van der Waals surface area contributed by atoms with Gasteiger partial charge in [-0.05, 0) is 128 Å². The van der Waals surface area contributed by atoms with Gasteiger partial charge in [0.05, 0.1) is 33.8 Å². The largest absolute Gasteiger partial charge is 0.478 e. The molecule has 0 saturated heterocycles. The van der Waals surface area contributed by atoms with E-state index in [4.69, 9.17) is 10.2 Å². The maximum atomic E-state index is 14.4. The Morgan fingerprint density at radius 1 is 0.521 bits per heavy atom. The second kappa shape index (κ2) is 20.0. The second-order valence-corrected chi connectivity index (χ2v) is 17.1. The minimum absolute atomic E-state index is 0.0205. The number of aromatic nitrogens is 2. The molecule has 0 aliphatic rings. The summed E-state index contributed by atoms with van der Waals surface area (Å²) in [6.07, 6.45) is -8.43. The molecule has 4 aromatic carbocycles. The number of alkyl halides is 6. The predicted octanol–water partition coefficient (Wildman–Crippen LogP) is 11.9. The molecule has 0 aliphatic heterocycles. The average molecular weight is 983 g/mol. The summed E-state index contributed by atoms with van der Waals surface area (Å²) in [6, 6.07) is 32.4. The first kappa shape index (κ1) is 50.6. The third-order valence-corrected chi connectivity index (χ3v) is 11.7. The van der Waals surface area contributed by atoms with Gasteiger partial charge in [0.1, 0.15) is 23.0 Å². The van der Waals surface area contributed by atoms with Gasteiger partial charge in [-0.25, -0.2) is 18.4 Å².